The standard InChI is InChI=1S/C28H23F3N2O4S/c1-2-38(35,36)23-15-12-20(13-16-23)18-27(34)33(21-8-4-3-5-9-21)22-14-17-25(32-19-22)24-10-6-7-11-26(24)37-28(29,30)31/h3-17,19H,2,18H2,1H3. The smallest absolute Gasteiger partial charge is 0.405 e. The molecule has 4 aromatic rings. The fourth-order valence-electron chi connectivity index (χ4n) is 3.82. The van der Waals surface area contributed by atoms with Crippen LogP contribution in [0, 0.1) is 0 Å². The van der Waals surface area contributed by atoms with Crippen molar-refractivity contribution in [1.82, 2.24) is 4.98 Å². The first-order valence-corrected chi connectivity index (χ1v) is 13.2. The van der Waals surface area contributed by atoms with Crippen LogP contribution in [0.4, 0.5) is 24.5 Å². The lowest BCUT2D eigenvalue weighted by molar-refractivity contribution is -0.274. The Morgan fingerprint density at radius 3 is 2.13 bits per heavy atom. The van der Waals surface area contributed by atoms with Gasteiger partial charge in [0.05, 0.1) is 34.6 Å². The molecule has 4 rings (SSSR count). The number of carbonyl (C=O) groups is 1. The number of rotatable bonds is 8. The summed E-state index contributed by atoms with van der Waals surface area (Å²) in [6.07, 6.45) is -3.47. The molecule has 1 aromatic heterocycles. The molecule has 38 heavy (non-hydrogen) atoms. The minimum absolute atomic E-state index is 0.0225. The number of amides is 1. The molecule has 196 valence electrons. The second-order valence-electron chi connectivity index (χ2n) is 8.23. The summed E-state index contributed by atoms with van der Waals surface area (Å²) in [5.41, 5.74) is 1.98. The highest BCUT2D eigenvalue weighted by molar-refractivity contribution is 7.91. The van der Waals surface area contributed by atoms with Crippen LogP contribution in [0.25, 0.3) is 11.3 Å². The lowest BCUT2D eigenvalue weighted by Gasteiger charge is -2.23. The zero-order valence-electron chi connectivity index (χ0n) is 20.2. The van der Waals surface area contributed by atoms with E-state index in [1.165, 1.54) is 47.5 Å². The molecular weight excluding hydrogens is 517 g/mol. The topological polar surface area (TPSA) is 76.6 Å². The van der Waals surface area contributed by atoms with Crippen LogP contribution in [0.5, 0.6) is 5.75 Å². The van der Waals surface area contributed by atoms with Gasteiger partial charge in [0.15, 0.2) is 9.84 Å². The van der Waals surface area contributed by atoms with E-state index >= 15 is 0 Å². The average Bonchev–Trinajstić information content (AvgIpc) is 2.90. The van der Waals surface area contributed by atoms with Crippen LogP contribution >= 0.6 is 0 Å². The van der Waals surface area contributed by atoms with Gasteiger partial charge in [-0.1, -0.05) is 49.4 Å². The van der Waals surface area contributed by atoms with Crippen molar-refractivity contribution in [1.29, 1.82) is 0 Å². The minimum Gasteiger partial charge on any atom is -0.405 e. The Morgan fingerprint density at radius 2 is 1.53 bits per heavy atom. The predicted molar refractivity (Wildman–Crippen MR) is 138 cm³/mol. The van der Waals surface area contributed by atoms with E-state index < -0.39 is 16.2 Å². The predicted octanol–water partition coefficient (Wildman–Crippen LogP) is 6.35. The maximum absolute atomic E-state index is 13.5. The monoisotopic (exact) mass is 540 g/mol. The van der Waals surface area contributed by atoms with Crippen molar-refractivity contribution in [3.63, 3.8) is 0 Å². The molecule has 0 spiro atoms. The van der Waals surface area contributed by atoms with Crippen LogP contribution in [0.2, 0.25) is 0 Å². The summed E-state index contributed by atoms with van der Waals surface area (Å²) < 4.78 is 66.8. The third-order valence-corrected chi connectivity index (χ3v) is 7.43. The second-order valence-corrected chi connectivity index (χ2v) is 10.5. The van der Waals surface area contributed by atoms with Crippen LogP contribution in [-0.2, 0) is 21.1 Å². The summed E-state index contributed by atoms with van der Waals surface area (Å²) in [7, 11) is -3.36. The molecule has 0 unspecified atom stereocenters. The van der Waals surface area contributed by atoms with Crippen LogP contribution in [0.3, 0.4) is 0 Å². The number of anilines is 2. The van der Waals surface area contributed by atoms with Gasteiger partial charge in [-0.05, 0) is 54.1 Å². The molecule has 0 aliphatic rings. The van der Waals surface area contributed by atoms with E-state index in [1.54, 1.807) is 61.5 Å². The van der Waals surface area contributed by atoms with E-state index in [0.717, 1.165) is 0 Å². The van der Waals surface area contributed by atoms with Crippen molar-refractivity contribution in [2.45, 2.75) is 24.6 Å². The van der Waals surface area contributed by atoms with E-state index in [1.807, 2.05) is 0 Å². The zero-order chi connectivity index (χ0) is 27.3. The molecule has 0 atom stereocenters. The fraction of sp³-hybridized carbons (Fsp3) is 0.143. The summed E-state index contributed by atoms with van der Waals surface area (Å²) in [6, 6.07) is 23.8. The van der Waals surface area contributed by atoms with Crippen LogP contribution in [-0.4, -0.2) is 31.4 Å². The number of halogens is 3. The Balaban J connectivity index is 1.64. The Kier molecular flexibility index (Phi) is 7.82. The minimum atomic E-state index is -4.86. The maximum Gasteiger partial charge on any atom is 0.573 e. The molecule has 0 radical (unpaired) electrons. The van der Waals surface area contributed by atoms with Crippen molar-refractivity contribution in [2.75, 3.05) is 10.7 Å². The van der Waals surface area contributed by atoms with E-state index in [4.69, 9.17) is 0 Å². The van der Waals surface area contributed by atoms with Gasteiger partial charge in [0, 0.05) is 11.3 Å². The number of pyridine rings is 1. The number of carbonyl (C=O) groups excluding carboxylic acids is 1. The summed E-state index contributed by atoms with van der Waals surface area (Å²) in [6.45, 7) is 1.56. The number of hydrogen-bond acceptors (Lipinski definition) is 5. The summed E-state index contributed by atoms with van der Waals surface area (Å²) in [4.78, 5) is 19.4. The van der Waals surface area contributed by atoms with Gasteiger partial charge in [0.1, 0.15) is 5.75 Å². The number of alkyl halides is 3. The third kappa shape index (κ3) is 6.38. The zero-order valence-corrected chi connectivity index (χ0v) is 21.0. The Bertz CT molecular complexity index is 1510. The highest BCUT2D eigenvalue weighted by Gasteiger charge is 2.32. The molecule has 0 N–H and O–H groups in total. The van der Waals surface area contributed by atoms with Crippen molar-refractivity contribution in [3.8, 4) is 17.0 Å². The van der Waals surface area contributed by atoms with Gasteiger partial charge in [0.25, 0.3) is 0 Å². The van der Waals surface area contributed by atoms with E-state index in [9.17, 15) is 26.4 Å². The molecule has 0 aliphatic heterocycles. The Morgan fingerprint density at radius 1 is 0.868 bits per heavy atom. The lowest BCUT2D eigenvalue weighted by atomic mass is 10.1. The van der Waals surface area contributed by atoms with Gasteiger partial charge in [-0.3, -0.25) is 14.7 Å². The number of ether oxygens (including phenoxy) is 1. The maximum atomic E-state index is 13.5. The van der Waals surface area contributed by atoms with Crippen molar-refractivity contribution >= 4 is 27.1 Å². The highest BCUT2D eigenvalue weighted by Crippen LogP contribution is 2.34. The van der Waals surface area contributed by atoms with Gasteiger partial charge in [-0.25, -0.2) is 8.42 Å². The van der Waals surface area contributed by atoms with Crippen molar-refractivity contribution in [3.05, 3.63) is 103 Å². The fourth-order valence-corrected chi connectivity index (χ4v) is 4.70. The van der Waals surface area contributed by atoms with Gasteiger partial charge in [-0.2, -0.15) is 0 Å². The average molecular weight is 541 g/mol. The van der Waals surface area contributed by atoms with Gasteiger partial charge >= 0.3 is 6.36 Å². The SMILES string of the molecule is CCS(=O)(=O)c1ccc(CC(=O)N(c2ccccc2)c2ccc(-c3ccccc3OC(F)(F)F)nc2)cc1. The van der Waals surface area contributed by atoms with Crippen LogP contribution in [0.15, 0.2) is 102 Å². The molecule has 0 fully saturated rings. The Hall–Kier alpha value is -4.18. The summed E-state index contributed by atoms with van der Waals surface area (Å²) >= 11 is 0. The summed E-state index contributed by atoms with van der Waals surface area (Å²) in [5, 5.41) is 0. The molecule has 1 heterocycles. The highest BCUT2D eigenvalue weighted by atomic mass is 32.2. The van der Waals surface area contributed by atoms with Crippen molar-refractivity contribution < 1.29 is 31.1 Å². The quantitative estimate of drug-likeness (QED) is 0.260. The first-order chi connectivity index (χ1) is 18.1. The van der Waals surface area contributed by atoms with Gasteiger partial charge in [0.2, 0.25) is 5.91 Å². The van der Waals surface area contributed by atoms with Crippen LogP contribution in [0.1, 0.15) is 12.5 Å². The first-order valence-electron chi connectivity index (χ1n) is 11.6. The Labute approximate surface area is 218 Å². The van der Waals surface area contributed by atoms with Gasteiger partial charge in [-0.15, -0.1) is 13.2 Å². The molecule has 1 amide bonds. The lowest BCUT2D eigenvalue weighted by Crippen LogP contribution is -2.27. The van der Waals surface area contributed by atoms with E-state index in [2.05, 4.69) is 9.72 Å². The molecule has 0 bridgehead atoms. The number of para-hydroxylation sites is 2. The normalized spacial score (nSPS) is 11.7. The number of sulfone groups is 1. The molecular formula is C28H23F3N2O4S. The molecule has 0 saturated heterocycles. The molecule has 10 heteroatoms. The van der Waals surface area contributed by atoms with E-state index in [-0.39, 0.29) is 40.0 Å². The largest absolute Gasteiger partial charge is 0.573 e. The van der Waals surface area contributed by atoms with E-state index in [0.29, 0.717) is 16.9 Å². The molecule has 6 nitrogen and oxygen atoms in total. The number of hydrogen-bond donors (Lipinski definition) is 0. The number of benzene rings is 3. The second kappa shape index (κ2) is 11.1. The molecule has 3 aromatic carbocycles. The van der Waals surface area contributed by atoms with Crippen LogP contribution < -0.4 is 9.64 Å². The van der Waals surface area contributed by atoms with Gasteiger partial charge < -0.3 is 4.74 Å². The summed E-state index contributed by atoms with van der Waals surface area (Å²) in [5.74, 6) is -0.717. The molecule has 0 aliphatic carbocycles. The molecule has 0 saturated carbocycles. The number of nitrogens with zero attached hydrogens (tertiary/aromatic N) is 2. The first kappa shape index (κ1) is 26.9. The number of aromatic nitrogens is 1. The third-order valence-electron chi connectivity index (χ3n) is 5.68. The van der Waals surface area contributed by atoms with Crippen molar-refractivity contribution in [2.24, 2.45) is 0 Å².